The Hall–Kier alpha value is -2.63. The number of likely N-dealkylation sites (N-methyl/N-ethyl adjacent to an activating group) is 2. The van der Waals surface area contributed by atoms with Gasteiger partial charge in [-0.2, -0.15) is 5.10 Å². The van der Waals surface area contributed by atoms with Crippen LogP contribution in [0.25, 0.3) is 5.69 Å². The van der Waals surface area contributed by atoms with Gasteiger partial charge in [0.05, 0.1) is 24.8 Å². The van der Waals surface area contributed by atoms with Crippen LogP contribution >= 0.6 is 0 Å². The topological polar surface area (TPSA) is 58.4 Å². The van der Waals surface area contributed by atoms with E-state index in [9.17, 15) is 9.59 Å². The molecular formula is C18H24N4O2. The fraction of sp³-hybridized carbons (Fsp3) is 0.389. The Labute approximate surface area is 142 Å². The summed E-state index contributed by atoms with van der Waals surface area (Å²) in [5.41, 5.74) is 1.77. The van der Waals surface area contributed by atoms with Crippen LogP contribution in [0, 0.1) is 0 Å². The molecular weight excluding hydrogens is 304 g/mol. The standard InChI is InChI=1S/C18H24N4O2/c1-4-21(5-2)18(24)14-20(3)17(23)11-15-12-19-22(13-15)16-9-7-6-8-10-16/h6-10,12-13H,4-5,11,14H2,1-3H3. The molecule has 2 rings (SSSR count). The van der Waals surface area contributed by atoms with E-state index in [1.807, 2.05) is 50.4 Å². The van der Waals surface area contributed by atoms with Crippen molar-refractivity contribution in [3.8, 4) is 5.69 Å². The van der Waals surface area contributed by atoms with Crippen molar-refractivity contribution >= 4 is 11.8 Å². The van der Waals surface area contributed by atoms with Crippen molar-refractivity contribution in [1.29, 1.82) is 0 Å². The van der Waals surface area contributed by atoms with Gasteiger partial charge in [0.1, 0.15) is 0 Å². The Bertz CT molecular complexity index is 677. The average Bonchev–Trinajstić information content (AvgIpc) is 3.05. The fourth-order valence-corrected chi connectivity index (χ4v) is 2.45. The molecule has 1 aromatic heterocycles. The molecule has 24 heavy (non-hydrogen) atoms. The van der Waals surface area contributed by atoms with Crippen LogP contribution in [0.5, 0.6) is 0 Å². The lowest BCUT2D eigenvalue weighted by molar-refractivity contribution is -0.138. The third-order valence-corrected chi connectivity index (χ3v) is 3.93. The van der Waals surface area contributed by atoms with Crippen LogP contribution in [0.4, 0.5) is 0 Å². The molecule has 0 fully saturated rings. The van der Waals surface area contributed by atoms with E-state index in [2.05, 4.69) is 5.10 Å². The van der Waals surface area contributed by atoms with E-state index in [-0.39, 0.29) is 24.8 Å². The number of amides is 2. The molecule has 0 bridgehead atoms. The van der Waals surface area contributed by atoms with Crippen molar-refractivity contribution in [2.75, 3.05) is 26.7 Å². The molecule has 0 radical (unpaired) electrons. The lowest BCUT2D eigenvalue weighted by Gasteiger charge is -2.23. The van der Waals surface area contributed by atoms with Gasteiger partial charge in [0.2, 0.25) is 11.8 Å². The number of carbonyl (C=O) groups is 2. The highest BCUT2D eigenvalue weighted by atomic mass is 16.2. The number of hydrogen-bond donors (Lipinski definition) is 0. The second-order valence-corrected chi connectivity index (χ2v) is 5.62. The summed E-state index contributed by atoms with van der Waals surface area (Å²) in [6.07, 6.45) is 3.76. The summed E-state index contributed by atoms with van der Waals surface area (Å²) in [7, 11) is 1.66. The van der Waals surface area contributed by atoms with E-state index in [1.54, 1.807) is 22.8 Å². The van der Waals surface area contributed by atoms with E-state index in [0.717, 1.165) is 11.3 Å². The molecule has 2 amide bonds. The third-order valence-electron chi connectivity index (χ3n) is 3.93. The molecule has 0 aliphatic rings. The van der Waals surface area contributed by atoms with Crippen molar-refractivity contribution in [2.45, 2.75) is 20.3 Å². The van der Waals surface area contributed by atoms with E-state index >= 15 is 0 Å². The molecule has 1 heterocycles. The first-order valence-corrected chi connectivity index (χ1v) is 8.15. The van der Waals surface area contributed by atoms with Crippen LogP contribution in [0.2, 0.25) is 0 Å². The van der Waals surface area contributed by atoms with Gasteiger partial charge < -0.3 is 9.80 Å². The monoisotopic (exact) mass is 328 g/mol. The summed E-state index contributed by atoms with van der Waals surface area (Å²) in [4.78, 5) is 27.6. The minimum atomic E-state index is -0.0943. The molecule has 128 valence electrons. The molecule has 0 aliphatic carbocycles. The predicted octanol–water partition coefficient (Wildman–Crippen LogP) is 1.74. The Kier molecular flexibility index (Phi) is 6.12. The van der Waals surface area contributed by atoms with Gasteiger partial charge in [0.15, 0.2) is 0 Å². The largest absolute Gasteiger partial charge is 0.342 e. The van der Waals surface area contributed by atoms with Crippen molar-refractivity contribution in [3.63, 3.8) is 0 Å². The van der Waals surface area contributed by atoms with Crippen LogP contribution in [0.3, 0.4) is 0 Å². The molecule has 0 aliphatic heterocycles. The molecule has 6 nitrogen and oxygen atoms in total. The zero-order valence-electron chi connectivity index (χ0n) is 14.5. The summed E-state index contributed by atoms with van der Waals surface area (Å²) in [6, 6.07) is 9.73. The smallest absolute Gasteiger partial charge is 0.242 e. The Morgan fingerprint density at radius 2 is 1.75 bits per heavy atom. The number of benzene rings is 1. The summed E-state index contributed by atoms with van der Waals surface area (Å²) < 4.78 is 1.74. The number of aromatic nitrogens is 2. The Morgan fingerprint density at radius 1 is 1.08 bits per heavy atom. The maximum Gasteiger partial charge on any atom is 0.242 e. The number of hydrogen-bond acceptors (Lipinski definition) is 3. The zero-order chi connectivity index (χ0) is 17.5. The van der Waals surface area contributed by atoms with Crippen molar-refractivity contribution in [3.05, 3.63) is 48.3 Å². The number of para-hydroxylation sites is 1. The van der Waals surface area contributed by atoms with Gasteiger partial charge in [0.25, 0.3) is 0 Å². The maximum atomic E-state index is 12.3. The second kappa shape index (κ2) is 8.29. The molecule has 0 unspecified atom stereocenters. The highest BCUT2D eigenvalue weighted by Crippen LogP contribution is 2.09. The lowest BCUT2D eigenvalue weighted by Crippen LogP contribution is -2.41. The Morgan fingerprint density at radius 3 is 2.38 bits per heavy atom. The molecule has 1 aromatic carbocycles. The zero-order valence-corrected chi connectivity index (χ0v) is 14.5. The molecule has 0 spiro atoms. The molecule has 0 N–H and O–H groups in total. The summed E-state index contributed by atoms with van der Waals surface area (Å²) >= 11 is 0. The van der Waals surface area contributed by atoms with Crippen LogP contribution < -0.4 is 0 Å². The van der Waals surface area contributed by atoms with Gasteiger partial charge in [-0.1, -0.05) is 18.2 Å². The summed E-state index contributed by atoms with van der Waals surface area (Å²) in [5, 5.41) is 4.29. The molecule has 0 saturated carbocycles. The Balaban J connectivity index is 1.95. The van der Waals surface area contributed by atoms with Crippen LogP contribution in [0.15, 0.2) is 42.7 Å². The van der Waals surface area contributed by atoms with Crippen LogP contribution in [-0.4, -0.2) is 58.1 Å². The number of carbonyl (C=O) groups excluding carboxylic acids is 2. The average molecular weight is 328 g/mol. The van der Waals surface area contributed by atoms with Gasteiger partial charge in [-0.15, -0.1) is 0 Å². The fourth-order valence-electron chi connectivity index (χ4n) is 2.45. The van der Waals surface area contributed by atoms with Crippen molar-refractivity contribution in [1.82, 2.24) is 19.6 Å². The van der Waals surface area contributed by atoms with E-state index in [1.165, 1.54) is 4.90 Å². The summed E-state index contributed by atoms with van der Waals surface area (Å²) in [6.45, 7) is 5.28. The highest BCUT2D eigenvalue weighted by Gasteiger charge is 2.17. The van der Waals surface area contributed by atoms with Gasteiger partial charge >= 0.3 is 0 Å². The second-order valence-electron chi connectivity index (χ2n) is 5.62. The van der Waals surface area contributed by atoms with Gasteiger partial charge in [-0.25, -0.2) is 4.68 Å². The highest BCUT2D eigenvalue weighted by molar-refractivity contribution is 5.85. The first-order valence-electron chi connectivity index (χ1n) is 8.15. The van der Waals surface area contributed by atoms with E-state index in [0.29, 0.717) is 13.1 Å². The molecule has 0 atom stereocenters. The third kappa shape index (κ3) is 4.44. The van der Waals surface area contributed by atoms with Crippen molar-refractivity contribution < 1.29 is 9.59 Å². The first kappa shape index (κ1) is 17.7. The lowest BCUT2D eigenvalue weighted by atomic mass is 10.2. The van der Waals surface area contributed by atoms with Crippen LogP contribution in [0.1, 0.15) is 19.4 Å². The normalized spacial score (nSPS) is 10.5. The van der Waals surface area contributed by atoms with Crippen molar-refractivity contribution in [2.24, 2.45) is 0 Å². The van der Waals surface area contributed by atoms with E-state index in [4.69, 9.17) is 0 Å². The predicted molar refractivity (Wildman–Crippen MR) is 92.8 cm³/mol. The first-order chi connectivity index (χ1) is 11.5. The quantitative estimate of drug-likeness (QED) is 0.778. The molecule has 0 saturated heterocycles. The molecule has 2 aromatic rings. The van der Waals surface area contributed by atoms with Gasteiger partial charge in [0, 0.05) is 26.3 Å². The van der Waals surface area contributed by atoms with Gasteiger partial charge in [-0.05, 0) is 31.5 Å². The SMILES string of the molecule is CCN(CC)C(=O)CN(C)C(=O)Cc1cnn(-c2ccccc2)c1. The van der Waals surface area contributed by atoms with Crippen LogP contribution in [-0.2, 0) is 16.0 Å². The molecule has 6 heteroatoms. The number of rotatable bonds is 7. The van der Waals surface area contributed by atoms with Gasteiger partial charge in [-0.3, -0.25) is 9.59 Å². The number of nitrogens with zero attached hydrogens (tertiary/aromatic N) is 4. The maximum absolute atomic E-state index is 12.3. The minimum Gasteiger partial charge on any atom is -0.342 e. The minimum absolute atomic E-state index is 0.0316. The summed E-state index contributed by atoms with van der Waals surface area (Å²) in [5.74, 6) is -0.126. The van der Waals surface area contributed by atoms with E-state index < -0.39 is 0 Å².